The van der Waals surface area contributed by atoms with Gasteiger partial charge in [0, 0.05) is 43.2 Å². The smallest absolute Gasteiger partial charge is 0.255 e. The lowest BCUT2D eigenvalue weighted by Gasteiger charge is -2.18. The Morgan fingerprint density at radius 1 is 1.38 bits per heavy atom. The highest BCUT2D eigenvalue weighted by Gasteiger charge is 2.56. The zero-order chi connectivity index (χ0) is 18.4. The zero-order valence-corrected chi connectivity index (χ0v) is 14.8. The molecule has 2 aromatic rings. The van der Waals surface area contributed by atoms with Gasteiger partial charge in [0.05, 0.1) is 11.8 Å². The molecule has 2 fully saturated rings. The molecule has 4 rings (SSSR count). The van der Waals surface area contributed by atoms with Crippen molar-refractivity contribution in [1.29, 1.82) is 0 Å². The monoisotopic (exact) mass is 354 g/mol. The Bertz CT molecular complexity index is 877. The zero-order valence-electron chi connectivity index (χ0n) is 14.8. The number of carbonyl (C=O) groups excluding carboxylic acids is 2. The van der Waals surface area contributed by atoms with Crippen LogP contribution in [-0.2, 0) is 4.79 Å². The first-order chi connectivity index (χ1) is 12.5. The Morgan fingerprint density at radius 2 is 2.12 bits per heavy atom. The van der Waals surface area contributed by atoms with Gasteiger partial charge in [0.25, 0.3) is 5.91 Å². The first kappa shape index (κ1) is 16.6. The van der Waals surface area contributed by atoms with Gasteiger partial charge in [-0.1, -0.05) is 6.58 Å². The molecule has 1 aliphatic heterocycles. The highest BCUT2D eigenvalue weighted by molar-refractivity contribution is 6.04. The molecular weight excluding hydrogens is 332 g/mol. The molecule has 2 amide bonds. The molecule has 1 aliphatic carbocycles. The van der Waals surface area contributed by atoms with Crippen LogP contribution in [0, 0.1) is 11.8 Å². The Hall–Kier alpha value is -2.90. The highest BCUT2D eigenvalue weighted by Crippen LogP contribution is 2.47. The summed E-state index contributed by atoms with van der Waals surface area (Å²) in [6, 6.07) is 0.344. The van der Waals surface area contributed by atoms with Gasteiger partial charge in [0.1, 0.15) is 11.3 Å². The van der Waals surface area contributed by atoms with E-state index in [1.165, 1.54) is 6.08 Å². The molecule has 136 valence electrons. The molecule has 3 N–H and O–H groups in total. The fraction of sp³-hybridized carbons (Fsp3) is 0.444. The number of aromatic amines is 1. The van der Waals surface area contributed by atoms with E-state index in [1.54, 1.807) is 12.4 Å². The Morgan fingerprint density at radius 3 is 2.77 bits per heavy atom. The van der Waals surface area contributed by atoms with E-state index in [-0.39, 0.29) is 17.9 Å². The Kier molecular flexibility index (Phi) is 3.90. The third-order valence-corrected chi connectivity index (χ3v) is 5.04. The van der Waals surface area contributed by atoms with E-state index in [4.69, 9.17) is 0 Å². The molecule has 1 saturated carbocycles. The maximum atomic E-state index is 12.3. The summed E-state index contributed by atoms with van der Waals surface area (Å²) in [7, 11) is 0. The van der Waals surface area contributed by atoms with Gasteiger partial charge in [-0.05, 0) is 19.9 Å². The molecule has 8 heteroatoms. The maximum Gasteiger partial charge on any atom is 0.255 e. The summed E-state index contributed by atoms with van der Waals surface area (Å²) < 4.78 is 0. The number of hydrogen-bond acceptors (Lipinski definition) is 5. The Balaban J connectivity index is 1.47. The molecule has 0 spiro atoms. The largest absolute Gasteiger partial charge is 0.365 e. The molecule has 0 radical (unpaired) electrons. The van der Waals surface area contributed by atoms with Crippen LogP contribution in [-0.4, -0.2) is 56.8 Å². The van der Waals surface area contributed by atoms with Crippen molar-refractivity contribution in [3.05, 3.63) is 30.6 Å². The van der Waals surface area contributed by atoms with E-state index >= 15 is 0 Å². The lowest BCUT2D eigenvalue weighted by molar-refractivity contribution is -0.125. The van der Waals surface area contributed by atoms with Crippen molar-refractivity contribution >= 4 is 28.8 Å². The minimum Gasteiger partial charge on any atom is -0.365 e. The van der Waals surface area contributed by atoms with Gasteiger partial charge >= 0.3 is 0 Å². The number of anilines is 1. The average molecular weight is 354 g/mol. The van der Waals surface area contributed by atoms with Crippen molar-refractivity contribution in [2.45, 2.75) is 25.9 Å². The van der Waals surface area contributed by atoms with Crippen LogP contribution in [0.2, 0.25) is 0 Å². The number of piperidine rings is 1. The molecule has 2 aromatic heterocycles. The van der Waals surface area contributed by atoms with Crippen molar-refractivity contribution in [2.75, 3.05) is 18.4 Å². The van der Waals surface area contributed by atoms with Crippen LogP contribution < -0.4 is 10.6 Å². The molecule has 3 atom stereocenters. The number of fused-ring (bicyclic) bond motifs is 2. The van der Waals surface area contributed by atoms with Crippen molar-refractivity contribution in [3.8, 4) is 0 Å². The molecule has 2 aliphatic rings. The molecule has 0 bridgehead atoms. The van der Waals surface area contributed by atoms with E-state index in [0.29, 0.717) is 40.4 Å². The van der Waals surface area contributed by atoms with Gasteiger partial charge in [0.15, 0.2) is 5.65 Å². The fourth-order valence-electron chi connectivity index (χ4n) is 3.69. The number of nitrogens with zero attached hydrogens (tertiary/aromatic N) is 3. The number of nitrogens with one attached hydrogen (secondary N) is 3. The number of hydrogen-bond donors (Lipinski definition) is 3. The average Bonchev–Trinajstić information content (AvgIpc) is 2.99. The third kappa shape index (κ3) is 2.81. The standard InChI is InChI=1S/C18H22N6O2/c1-4-14(25)24-7-11-12(8-24)15(11)22-13-6-20-17-16(23-13)10(5-19-17)18(26)21-9(2)3/h4-6,9,11-12,15H,1,7-8H2,2-3H3,(H,19,20)(H,21,26)(H,22,23)/t11-,12+,15+. The topological polar surface area (TPSA) is 103 Å². The van der Waals surface area contributed by atoms with Crippen LogP contribution in [0.4, 0.5) is 5.82 Å². The first-order valence-electron chi connectivity index (χ1n) is 8.80. The second kappa shape index (κ2) is 6.12. The number of rotatable bonds is 5. The lowest BCUT2D eigenvalue weighted by Crippen LogP contribution is -2.32. The summed E-state index contributed by atoms with van der Waals surface area (Å²) in [5.41, 5.74) is 1.63. The van der Waals surface area contributed by atoms with Crippen LogP contribution in [0.3, 0.4) is 0 Å². The summed E-state index contributed by atoms with van der Waals surface area (Å²) in [5, 5.41) is 6.27. The van der Waals surface area contributed by atoms with E-state index in [0.717, 1.165) is 13.1 Å². The second-order valence-electron chi connectivity index (χ2n) is 7.23. The van der Waals surface area contributed by atoms with Crippen molar-refractivity contribution < 1.29 is 9.59 Å². The molecular formula is C18H22N6O2. The van der Waals surface area contributed by atoms with Gasteiger partial charge in [0.2, 0.25) is 5.91 Å². The number of aromatic nitrogens is 3. The van der Waals surface area contributed by atoms with Crippen LogP contribution in [0.25, 0.3) is 11.2 Å². The fourth-order valence-corrected chi connectivity index (χ4v) is 3.69. The van der Waals surface area contributed by atoms with Crippen LogP contribution in [0.5, 0.6) is 0 Å². The maximum absolute atomic E-state index is 12.3. The van der Waals surface area contributed by atoms with E-state index < -0.39 is 0 Å². The van der Waals surface area contributed by atoms with Gasteiger partial charge < -0.3 is 20.5 Å². The van der Waals surface area contributed by atoms with Crippen molar-refractivity contribution in [1.82, 2.24) is 25.2 Å². The summed E-state index contributed by atoms with van der Waals surface area (Å²) >= 11 is 0. The predicted molar refractivity (Wildman–Crippen MR) is 97.7 cm³/mol. The predicted octanol–water partition coefficient (Wildman–Crippen LogP) is 1.15. The van der Waals surface area contributed by atoms with E-state index in [1.807, 2.05) is 18.7 Å². The summed E-state index contributed by atoms with van der Waals surface area (Å²) in [6.07, 6.45) is 4.67. The molecule has 26 heavy (non-hydrogen) atoms. The number of H-pyrrole nitrogens is 1. The van der Waals surface area contributed by atoms with E-state index in [2.05, 4.69) is 32.2 Å². The molecule has 8 nitrogen and oxygen atoms in total. The van der Waals surface area contributed by atoms with Crippen LogP contribution in [0.1, 0.15) is 24.2 Å². The Labute approximate surface area is 151 Å². The van der Waals surface area contributed by atoms with Gasteiger partial charge in [-0.15, -0.1) is 0 Å². The van der Waals surface area contributed by atoms with Crippen LogP contribution >= 0.6 is 0 Å². The minimum atomic E-state index is -0.167. The SMILES string of the molecule is C=CC(=O)N1C[C@@H]2[C@H](C1)[C@H]2Nc1cnc2[nH]cc(C(=O)NC(C)C)c2n1. The number of amides is 2. The van der Waals surface area contributed by atoms with E-state index in [9.17, 15) is 9.59 Å². The van der Waals surface area contributed by atoms with Crippen LogP contribution in [0.15, 0.2) is 25.0 Å². The molecule has 3 heterocycles. The van der Waals surface area contributed by atoms with Gasteiger partial charge in [-0.25, -0.2) is 9.97 Å². The number of likely N-dealkylation sites (tertiary alicyclic amines) is 1. The van der Waals surface area contributed by atoms with Gasteiger partial charge in [-0.2, -0.15) is 0 Å². The molecule has 0 aromatic carbocycles. The third-order valence-electron chi connectivity index (χ3n) is 5.04. The number of carbonyl (C=O) groups is 2. The van der Waals surface area contributed by atoms with Crippen molar-refractivity contribution in [2.24, 2.45) is 11.8 Å². The quantitative estimate of drug-likeness (QED) is 0.699. The van der Waals surface area contributed by atoms with Crippen molar-refractivity contribution in [3.63, 3.8) is 0 Å². The molecule has 1 saturated heterocycles. The lowest BCUT2D eigenvalue weighted by atomic mass is 10.2. The minimum absolute atomic E-state index is 0.00899. The summed E-state index contributed by atoms with van der Waals surface area (Å²) in [5.74, 6) is 1.35. The second-order valence-corrected chi connectivity index (χ2v) is 7.23. The summed E-state index contributed by atoms with van der Waals surface area (Å²) in [4.78, 5) is 37.7. The van der Waals surface area contributed by atoms with Gasteiger partial charge in [-0.3, -0.25) is 9.59 Å². The molecule has 0 unspecified atom stereocenters. The highest BCUT2D eigenvalue weighted by atomic mass is 16.2. The normalized spacial score (nSPS) is 23.8. The summed E-state index contributed by atoms with van der Waals surface area (Å²) in [6.45, 7) is 8.85. The first-order valence-corrected chi connectivity index (χ1v) is 8.80.